The number of halogens is 2. The summed E-state index contributed by atoms with van der Waals surface area (Å²) in [6, 6.07) is 14.0. The van der Waals surface area contributed by atoms with Gasteiger partial charge in [-0.15, -0.1) is 0 Å². The van der Waals surface area contributed by atoms with Gasteiger partial charge in [-0.2, -0.15) is 5.26 Å². The Balaban J connectivity index is 1.84. The van der Waals surface area contributed by atoms with E-state index in [2.05, 4.69) is 31.6 Å². The monoisotopic (exact) mass is 418 g/mol. The van der Waals surface area contributed by atoms with Crippen molar-refractivity contribution in [2.45, 2.75) is 19.6 Å². The van der Waals surface area contributed by atoms with Crippen molar-refractivity contribution in [2.24, 2.45) is 4.99 Å². The van der Waals surface area contributed by atoms with Crippen molar-refractivity contribution >= 4 is 21.9 Å². The molecule has 2 aromatic carbocycles. The van der Waals surface area contributed by atoms with Crippen LogP contribution in [0.25, 0.3) is 0 Å². The summed E-state index contributed by atoms with van der Waals surface area (Å²) in [5.74, 6) is 0.887. The molecule has 0 aliphatic rings. The van der Waals surface area contributed by atoms with Gasteiger partial charge >= 0.3 is 0 Å². The van der Waals surface area contributed by atoms with Gasteiger partial charge < -0.3 is 15.4 Å². The molecule has 0 saturated heterocycles. The third kappa shape index (κ3) is 5.74. The van der Waals surface area contributed by atoms with Crippen LogP contribution < -0.4 is 15.4 Å². The highest BCUT2D eigenvalue weighted by Gasteiger charge is 2.09. The van der Waals surface area contributed by atoms with Crippen molar-refractivity contribution in [1.82, 2.24) is 10.6 Å². The topological polar surface area (TPSA) is 69.4 Å². The van der Waals surface area contributed by atoms with Gasteiger partial charge in [0.2, 0.25) is 0 Å². The summed E-state index contributed by atoms with van der Waals surface area (Å²) >= 11 is 3.45. The molecule has 5 nitrogen and oxygen atoms in total. The Bertz CT molecular complexity index is 819. The van der Waals surface area contributed by atoms with Gasteiger partial charge in [0.05, 0.1) is 22.7 Å². The molecular formula is C19H20BrFN4O. The van der Waals surface area contributed by atoms with Gasteiger partial charge in [-0.05, 0) is 47.1 Å². The normalized spacial score (nSPS) is 12.2. The van der Waals surface area contributed by atoms with Gasteiger partial charge in [0.25, 0.3) is 0 Å². The number of nitrogens with one attached hydrogen (secondary N) is 2. The minimum absolute atomic E-state index is 0.0982. The zero-order valence-electron chi connectivity index (χ0n) is 14.6. The highest BCUT2D eigenvalue weighted by atomic mass is 79.9. The number of hydrogen-bond donors (Lipinski definition) is 2. The highest BCUT2D eigenvalue weighted by molar-refractivity contribution is 9.10. The van der Waals surface area contributed by atoms with Gasteiger partial charge in [-0.3, -0.25) is 4.99 Å². The molecular weight excluding hydrogens is 399 g/mol. The van der Waals surface area contributed by atoms with E-state index >= 15 is 0 Å². The maximum absolute atomic E-state index is 13.9. The number of para-hydroxylation sites is 1. The van der Waals surface area contributed by atoms with E-state index in [-0.39, 0.29) is 12.6 Å². The first-order valence-corrected chi connectivity index (χ1v) is 8.87. The summed E-state index contributed by atoms with van der Waals surface area (Å²) in [4.78, 5) is 4.12. The largest absolute Gasteiger partial charge is 0.488 e. The Hall–Kier alpha value is -2.59. The summed E-state index contributed by atoms with van der Waals surface area (Å²) in [5.41, 5.74) is 0.760. The first-order valence-electron chi connectivity index (χ1n) is 8.07. The van der Waals surface area contributed by atoms with Gasteiger partial charge in [0.1, 0.15) is 17.7 Å². The van der Waals surface area contributed by atoms with E-state index in [4.69, 9.17) is 10.00 Å². The zero-order valence-corrected chi connectivity index (χ0v) is 16.2. The third-order valence-corrected chi connectivity index (χ3v) is 4.23. The number of benzene rings is 2. The van der Waals surface area contributed by atoms with E-state index in [0.717, 1.165) is 10.2 Å². The van der Waals surface area contributed by atoms with E-state index in [0.29, 0.717) is 23.6 Å². The molecule has 1 atom stereocenters. The van der Waals surface area contributed by atoms with Crippen LogP contribution >= 0.6 is 15.9 Å². The van der Waals surface area contributed by atoms with Crippen LogP contribution in [0.5, 0.6) is 5.75 Å². The molecule has 0 spiro atoms. The predicted octanol–water partition coefficient (Wildman–Crippen LogP) is 3.59. The SMILES string of the molecule is CN=C(NCc1ccc(C#N)cc1F)NCC(C)Oc1ccccc1Br. The van der Waals surface area contributed by atoms with E-state index in [1.807, 2.05) is 37.3 Å². The van der Waals surface area contributed by atoms with Crippen LogP contribution in [0, 0.1) is 17.1 Å². The molecule has 26 heavy (non-hydrogen) atoms. The van der Waals surface area contributed by atoms with Crippen LogP contribution in [0.3, 0.4) is 0 Å². The van der Waals surface area contributed by atoms with Crippen molar-refractivity contribution in [1.29, 1.82) is 5.26 Å². The van der Waals surface area contributed by atoms with Crippen LogP contribution in [0.15, 0.2) is 51.9 Å². The first-order chi connectivity index (χ1) is 12.5. The Kier molecular flexibility index (Phi) is 7.42. The first kappa shape index (κ1) is 19.7. The summed E-state index contributed by atoms with van der Waals surface area (Å²) in [5, 5.41) is 15.0. The quantitative estimate of drug-likeness (QED) is 0.555. The van der Waals surface area contributed by atoms with Crippen molar-refractivity contribution in [2.75, 3.05) is 13.6 Å². The van der Waals surface area contributed by atoms with Gasteiger partial charge in [0, 0.05) is 19.2 Å². The molecule has 2 rings (SSSR count). The van der Waals surface area contributed by atoms with E-state index in [1.165, 1.54) is 6.07 Å². The molecule has 2 aromatic rings. The lowest BCUT2D eigenvalue weighted by Gasteiger charge is -2.18. The zero-order chi connectivity index (χ0) is 18.9. The summed E-state index contributed by atoms with van der Waals surface area (Å²) in [6.07, 6.45) is -0.0982. The van der Waals surface area contributed by atoms with Gasteiger partial charge in [0.15, 0.2) is 5.96 Å². The molecule has 0 fully saturated rings. The molecule has 0 heterocycles. The molecule has 7 heteroatoms. The molecule has 2 N–H and O–H groups in total. The fraction of sp³-hybridized carbons (Fsp3) is 0.263. The molecule has 0 amide bonds. The lowest BCUT2D eigenvalue weighted by molar-refractivity contribution is 0.222. The maximum atomic E-state index is 13.9. The van der Waals surface area contributed by atoms with Crippen molar-refractivity contribution in [3.8, 4) is 11.8 Å². The smallest absolute Gasteiger partial charge is 0.191 e. The molecule has 0 aliphatic heterocycles. The second-order valence-corrected chi connectivity index (χ2v) is 6.44. The Labute approximate surface area is 161 Å². The Morgan fingerprint density at radius 1 is 1.31 bits per heavy atom. The number of rotatable bonds is 6. The Morgan fingerprint density at radius 3 is 2.73 bits per heavy atom. The summed E-state index contributed by atoms with van der Waals surface area (Å²) in [7, 11) is 1.64. The van der Waals surface area contributed by atoms with Crippen LogP contribution in [0.2, 0.25) is 0 Å². The lowest BCUT2D eigenvalue weighted by atomic mass is 10.1. The van der Waals surface area contributed by atoms with Crippen LogP contribution in [-0.4, -0.2) is 25.7 Å². The minimum Gasteiger partial charge on any atom is -0.488 e. The molecule has 0 aromatic heterocycles. The van der Waals surface area contributed by atoms with Crippen LogP contribution in [0.1, 0.15) is 18.1 Å². The number of ether oxygens (including phenoxy) is 1. The predicted molar refractivity (Wildman–Crippen MR) is 104 cm³/mol. The standard InChI is InChI=1S/C19H20BrFN4O/c1-13(26-18-6-4-3-5-16(18)20)11-24-19(23-2)25-12-15-8-7-14(10-22)9-17(15)21/h3-9,13H,11-12H2,1-2H3,(H2,23,24,25). The fourth-order valence-electron chi connectivity index (χ4n) is 2.20. The van der Waals surface area contributed by atoms with Crippen molar-refractivity contribution in [3.63, 3.8) is 0 Å². The third-order valence-electron chi connectivity index (χ3n) is 3.57. The number of nitrogens with zero attached hydrogens (tertiary/aromatic N) is 2. The highest BCUT2D eigenvalue weighted by Crippen LogP contribution is 2.24. The second kappa shape index (κ2) is 9.78. The molecule has 0 aliphatic carbocycles. The Morgan fingerprint density at radius 2 is 2.08 bits per heavy atom. The number of hydrogen-bond acceptors (Lipinski definition) is 3. The lowest BCUT2D eigenvalue weighted by Crippen LogP contribution is -2.41. The summed E-state index contributed by atoms with van der Waals surface area (Å²) < 4.78 is 20.7. The fourth-order valence-corrected chi connectivity index (χ4v) is 2.58. The molecule has 0 radical (unpaired) electrons. The number of nitriles is 1. The van der Waals surface area contributed by atoms with E-state index in [9.17, 15) is 4.39 Å². The second-order valence-electron chi connectivity index (χ2n) is 5.58. The van der Waals surface area contributed by atoms with Crippen LogP contribution in [-0.2, 0) is 6.54 Å². The van der Waals surface area contributed by atoms with Crippen LogP contribution in [0.4, 0.5) is 4.39 Å². The van der Waals surface area contributed by atoms with E-state index < -0.39 is 5.82 Å². The molecule has 136 valence electrons. The van der Waals surface area contributed by atoms with Gasteiger partial charge in [-0.25, -0.2) is 4.39 Å². The minimum atomic E-state index is -0.419. The average Bonchev–Trinajstić information content (AvgIpc) is 2.64. The molecule has 0 bridgehead atoms. The van der Waals surface area contributed by atoms with Crippen molar-refractivity contribution < 1.29 is 9.13 Å². The number of aliphatic imine (C=N–C) groups is 1. The van der Waals surface area contributed by atoms with Gasteiger partial charge in [-0.1, -0.05) is 18.2 Å². The molecule has 1 unspecified atom stereocenters. The average molecular weight is 419 g/mol. The summed E-state index contributed by atoms with van der Waals surface area (Å²) in [6.45, 7) is 2.73. The maximum Gasteiger partial charge on any atom is 0.191 e. The molecule has 0 saturated carbocycles. The number of guanidine groups is 1. The van der Waals surface area contributed by atoms with Crippen molar-refractivity contribution in [3.05, 3.63) is 63.9 Å². The van der Waals surface area contributed by atoms with E-state index in [1.54, 1.807) is 19.2 Å².